The predicted octanol–water partition coefficient (Wildman–Crippen LogP) is 1.46. The standard InChI is InChI=1S/C14H11N3O3S/c15-9-10-5-1-4-8-13(10)21(19,20)17-12-7-3-2-6-11(12)14(16)18/h1-8,17H,(H2,16,18). The number of hydrogen-bond acceptors (Lipinski definition) is 4. The quantitative estimate of drug-likeness (QED) is 0.889. The van der Waals surface area contributed by atoms with Crippen molar-refractivity contribution in [3.05, 3.63) is 59.7 Å². The molecule has 0 aliphatic rings. The fraction of sp³-hybridized carbons (Fsp3) is 0. The number of nitrogens with zero attached hydrogens (tertiary/aromatic N) is 1. The van der Waals surface area contributed by atoms with Crippen LogP contribution in [0.15, 0.2) is 53.4 Å². The Balaban J connectivity index is 2.49. The molecule has 0 saturated carbocycles. The molecule has 2 aromatic carbocycles. The second-order valence-corrected chi connectivity index (χ2v) is 5.77. The number of primary amides is 1. The number of anilines is 1. The van der Waals surface area contributed by atoms with E-state index in [1.54, 1.807) is 18.2 Å². The molecule has 0 heterocycles. The van der Waals surface area contributed by atoms with Gasteiger partial charge in [-0.1, -0.05) is 24.3 Å². The Labute approximate surface area is 121 Å². The highest BCUT2D eigenvalue weighted by molar-refractivity contribution is 7.92. The third-order valence-electron chi connectivity index (χ3n) is 2.73. The number of nitrogens with one attached hydrogen (secondary N) is 1. The fourth-order valence-electron chi connectivity index (χ4n) is 1.78. The van der Waals surface area contributed by atoms with Gasteiger partial charge in [-0.05, 0) is 24.3 Å². The Kier molecular flexibility index (Phi) is 3.91. The lowest BCUT2D eigenvalue weighted by Crippen LogP contribution is -2.19. The van der Waals surface area contributed by atoms with E-state index >= 15 is 0 Å². The number of para-hydroxylation sites is 1. The molecule has 0 radical (unpaired) electrons. The van der Waals surface area contributed by atoms with Crippen molar-refractivity contribution < 1.29 is 13.2 Å². The molecule has 0 aliphatic heterocycles. The summed E-state index contributed by atoms with van der Waals surface area (Å²) in [4.78, 5) is 11.1. The molecule has 6 nitrogen and oxygen atoms in total. The zero-order valence-corrected chi connectivity index (χ0v) is 11.6. The van der Waals surface area contributed by atoms with E-state index in [0.29, 0.717) is 0 Å². The first-order valence-electron chi connectivity index (χ1n) is 5.86. The molecular formula is C14H11N3O3S. The number of nitriles is 1. The van der Waals surface area contributed by atoms with E-state index in [1.807, 2.05) is 6.07 Å². The average molecular weight is 301 g/mol. The molecule has 0 atom stereocenters. The van der Waals surface area contributed by atoms with Gasteiger partial charge in [-0.15, -0.1) is 0 Å². The summed E-state index contributed by atoms with van der Waals surface area (Å²) >= 11 is 0. The molecule has 1 amide bonds. The lowest BCUT2D eigenvalue weighted by Gasteiger charge is -2.11. The minimum atomic E-state index is -3.99. The molecule has 21 heavy (non-hydrogen) atoms. The number of benzene rings is 2. The third kappa shape index (κ3) is 3.01. The molecule has 7 heteroatoms. The SMILES string of the molecule is N#Cc1ccccc1S(=O)(=O)Nc1ccccc1C(N)=O. The summed E-state index contributed by atoms with van der Waals surface area (Å²) in [6, 6.07) is 13.6. The highest BCUT2D eigenvalue weighted by Gasteiger charge is 2.20. The largest absolute Gasteiger partial charge is 0.366 e. The summed E-state index contributed by atoms with van der Waals surface area (Å²) in [5.74, 6) is -0.748. The lowest BCUT2D eigenvalue weighted by molar-refractivity contribution is 0.100. The molecule has 0 bridgehead atoms. The van der Waals surface area contributed by atoms with Crippen LogP contribution >= 0.6 is 0 Å². The summed E-state index contributed by atoms with van der Waals surface area (Å²) in [5.41, 5.74) is 5.34. The van der Waals surface area contributed by atoms with Crippen molar-refractivity contribution in [1.29, 1.82) is 5.26 Å². The maximum absolute atomic E-state index is 12.3. The Morgan fingerprint density at radius 1 is 1.10 bits per heavy atom. The minimum absolute atomic E-state index is 0.0153. The Morgan fingerprint density at radius 3 is 2.38 bits per heavy atom. The summed E-state index contributed by atoms with van der Waals surface area (Å²) < 4.78 is 27.0. The van der Waals surface area contributed by atoms with Crippen LogP contribution in [-0.2, 0) is 10.0 Å². The highest BCUT2D eigenvalue weighted by atomic mass is 32.2. The van der Waals surface area contributed by atoms with Gasteiger partial charge in [0.1, 0.15) is 11.0 Å². The van der Waals surface area contributed by atoms with Crippen LogP contribution in [0.4, 0.5) is 5.69 Å². The average Bonchev–Trinajstić information content (AvgIpc) is 2.47. The van der Waals surface area contributed by atoms with Crippen LogP contribution in [0.5, 0.6) is 0 Å². The van der Waals surface area contributed by atoms with Crippen LogP contribution in [-0.4, -0.2) is 14.3 Å². The van der Waals surface area contributed by atoms with Crippen LogP contribution in [0.25, 0.3) is 0 Å². The lowest BCUT2D eigenvalue weighted by atomic mass is 10.2. The van der Waals surface area contributed by atoms with E-state index in [0.717, 1.165) is 0 Å². The van der Waals surface area contributed by atoms with E-state index in [2.05, 4.69) is 4.72 Å². The van der Waals surface area contributed by atoms with Crippen molar-refractivity contribution in [2.45, 2.75) is 4.90 Å². The Bertz CT molecular complexity index is 839. The molecule has 0 unspecified atom stereocenters. The monoisotopic (exact) mass is 301 g/mol. The number of nitrogens with two attached hydrogens (primary N) is 1. The third-order valence-corrected chi connectivity index (χ3v) is 4.16. The van der Waals surface area contributed by atoms with Crippen molar-refractivity contribution >= 4 is 21.6 Å². The van der Waals surface area contributed by atoms with Crippen molar-refractivity contribution in [1.82, 2.24) is 0 Å². The van der Waals surface area contributed by atoms with E-state index < -0.39 is 15.9 Å². The number of hydrogen-bond donors (Lipinski definition) is 2. The molecule has 0 aliphatic carbocycles. The molecular weight excluding hydrogens is 290 g/mol. The number of rotatable bonds is 4. The number of carbonyl (C=O) groups is 1. The Hall–Kier alpha value is -2.85. The van der Waals surface area contributed by atoms with Gasteiger partial charge in [0.15, 0.2) is 0 Å². The van der Waals surface area contributed by atoms with Gasteiger partial charge in [-0.3, -0.25) is 9.52 Å². The Morgan fingerprint density at radius 2 is 1.71 bits per heavy atom. The normalized spacial score (nSPS) is 10.6. The second kappa shape index (κ2) is 5.64. The number of sulfonamides is 1. The summed E-state index contributed by atoms with van der Waals surface area (Å²) in [7, 11) is -3.99. The topological polar surface area (TPSA) is 113 Å². The zero-order chi connectivity index (χ0) is 15.5. The smallest absolute Gasteiger partial charge is 0.263 e. The van der Waals surface area contributed by atoms with Gasteiger partial charge in [0.2, 0.25) is 0 Å². The first kappa shape index (κ1) is 14.6. The van der Waals surface area contributed by atoms with Gasteiger partial charge in [0.25, 0.3) is 15.9 Å². The van der Waals surface area contributed by atoms with Crippen molar-refractivity contribution in [3.8, 4) is 6.07 Å². The van der Waals surface area contributed by atoms with Gasteiger partial charge in [0, 0.05) is 0 Å². The van der Waals surface area contributed by atoms with E-state index in [9.17, 15) is 13.2 Å². The summed E-state index contributed by atoms with van der Waals surface area (Å²) in [6.45, 7) is 0. The molecule has 0 spiro atoms. The maximum Gasteiger partial charge on any atom is 0.263 e. The van der Waals surface area contributed by atoms with Crippen LogP contribution in [0, 0.1) is 11.3 Å². The first-order valence-corrected chi connectivity index (χ1v) is 7.35. The van der Waals surface area contributed by atoms with Crippen LogP contribution in [0.1, 0.15) is 15.9 Å². The number of carbonyl (C=O) groups excluding carboxylic acids is 1. The molecule has 3 N–H and O–H groups in total. The molecule has 106 valence electrons. The van der Waals surface area contributed by atoms with E-state index in [4.69, 9.17) is 11.0 Å². The summed E-state index contributed by atoms with van der Waals surface area (Å²) in [6.07, 6.45) is 0. The summed E-state index contributed by atoms with van der Waals surface area (Å²) in [5, 5.41) is 8.97. The fourth-order valence-corrected chi connectivity index (χ4v) is 3.02. The minimum Gasteiger partial charge on any atom is -0.366 e. The maximum atomic E-state index is 12.3. The van der Waals surface area contributed by atoms with Crippen molar-refractivity contribution in [3.63, 3.8) is 0 Å². The molecule has 2 rings (SSSR count). The van der Waals surface area contributed by atoms with Crippen molar-refractivity contribution in [2.75, 3.05) is 4.72 Å². The van der Waals surface area contributed by atoms with Gasteiger partial charge < -0.3 is 5.73 Å². The van der Waals surface area contributed by atoms with E-state index in [1.165, 1.54) is 30.3 Å². The zero-order valence-electron chi connectivity index (χ0n) is 10.8. The number of amides is 1. The van der Waals surface area contributed by atoms with Crippen LogP contribution in [0.3, 0.4) is 0 Å². The van der Waals surface area contributed by atoms with Crippen molar-refractivity contribution in [2.24, 2.45) is 5.73 Å². The van der Waals surface area contributed by atoms with Gasteiger partial charge in [0.05, 0.1) is 16.8 Å². The molecule has 0 saturated heterocycles. The van der Waals surface area contributed by atoms with E-state index in [-0.39, 0.29) is 21.7 Å². The predicted molar refractivity (Wildman–Crippen MR) is 76.9 cm³/mol. The van der Waals surface area contributed by atoms with Gasteiger partial charge >= 0.3 is 0 Å². The first-order chi connectivity index (χ1) is 9.95. The van der Waals surface area contributed by atoms with Crippen LogP contribution in [0.2, 0.25) is 0 Å². The highest BCUT2D eigenvalue weighted by Crippen LogP contribution is 2.21. The van der Waals surface area contributed by atoms with Gasteiger partial charge in [-0.25, -0.2) is 8.42 Å². The second-order valence-electron chi connectivity index (χ2n) is 4.12. The van der Waals surface area contributed by atoms with Crippen LogP contribution < -0.4 is 10.5 Å². The molecule has 0 aromatic heterocycles. The molecule has 0 fully saturated rings. The molecule has 2 aromatic rings. The van der Waals surface area contributed by atoms with Gasteiger partial charge in [-0.2, -0.15) is 5.26 Å².